The van der Waals surface area contributed by atoms with Gasteiger partial charge in [-0.05, 0) is 138 Å². The van der Waals surface area contributed by atoms with Crippen LogP contribution in [0.5, 0.6) is 0 Å². The monoisotopic (exact) mass is 621 g/mol. The number of hydrogen-bond acceptors (Lipinski definition) is 1. The quantitative estimate of drug-likeness (QED) is 0.185. The standard InChI is InChI=1S/C48H31N/c1-4-12-32(13-5-1)36-20-21-37-27-44-45-28-38-22-23-42(25-40(38)30-47(45)46(44)29-39(37)24-36)49(41-18-8-3-9-19-41)48-31-35-17-11-10-16-34(35)26-43(48)33-14-6-2-7-15-33/h1-31H. The maximum Gasteiger partial charge on any atom is 0.0546 e. The van der Waals surface area contributed by atoms with E-state index < -0.39 is 0 Å². The van der Waals surface area contributed by atoms with E-state index in [9.17, 15) is 0 Å². The third-order valence-electron chi connectivity index (χ3n) is 10.1. The van der Waals surface area contributed by atoms with E-state index in [1.165, 1.54) is 76.8 Å². The molecule has 0 saturated carbocycles. The van der Waals surface area contributed by atoms with Gasteiger partial charge in [-0.1, -0.05) is 121 Å². The van der Waals surface area contributed by atoms with Crippen LogP contribution in [0, 0.1) is 0 Å². The lowest BCUT2D eigenvalue weighted by atomic mass is 9.77. The fraction of sp³-hybridized carbons (Fsp3) is 0. The molecule has 49 heavy (non-hydrogen) atoms. The Kier molecular flexibility index (Phi) is 6.25. The zero-order valence-corrected chi connectivity index (χ0v) is 26.8. The van der Waals surface area contributed by atoms with Gasteiger partial charge in [-0.2, -0.15) is 0 Å². The Hall–Kier alpha value is -6.44. The van der Waals surface area contributed by atoms with Crippen molar-refractivity contribution < 1.29 is 0 Å². The predicted molar refractivity (Wildman–Crippen MR) is 209 cm³/mol. The molecule has 0 N–H and O–H groups in total. The van der Waals surface area contributed by atoms with Crippen LogP contribution in [0.1, 0.15) is 0 Å². The van der Waals surface area contributed by atoms with Crippen molar-refractivity contribution in [3.8, 4) is 44.5 Å². The summed E-state index contributed by atoms with van der Waals surface area (Å²) in [5.74, 6) is 0. The first-order valence-corrected chi connectivity index (χ1v) is 16.9. The van der Waals surface area contributed by atoms with Gasteiger partial charge in [-0.25, -0.2) is 0 Å². The van der Waals surface area contributed by atoms with Gasteiger partial charge < -0.3 is 4.90 Å². The molecule has 0 unspecified atom stereocenters. The molecule has 0 spiro atoms. The number of rotatable bonds is 5. The maximum atomic E-state index is 2.42. The molecule has 9 aromatic carbocycles. The van der Waals surface area contributed by atoms with Crippen molar-refractivity contribution in [2.75, 3.05) is 4.90 Å². The largest absolute Gasteiger partial charge is 0.310 e. The lowest BCUT2D eigenvalue weighted by molar-refractivity contribution is 1.29. The molecule has 0 atom stereocenters. The molecule has 10 rings (SSSR count). The molecule has 9 aromatic rings. The van der Waals surface area contributed by atoms with Crippen molar-refractivity contribution >= 4 is 49.4 Å². The van der Waals surface area contributed by atoms with Gasteiger partial charge in [0.05, 0.1) is 5.69 Å². The summed E-state index contributed by atoms with van der Waals surface area (Å²) >= 11 is 0. The summed E-state index contributed by atoms with van der Waals surface area (Å²) in [6.07, 6.45) is 0. The molecule has 1 aliphatic rings. The molecule has 0 aliphatic heterocycles. The van der Waals surface area contributed by atoms with Gasteiger partial charge in [-0.3, -0.25) is 0 Å². The number of benzene rings is 9. The van der Waals surface area contributed by atoms with Crippen molar-refractivity contribution in [3.63, 3.8) is 0 Å². The number of fused-ring (bicyclic) bond motifs is 7. The Balaban J connectivity index is 1.13. The van der Waals surface area contributed by atoms with E-state index in [4.69, 9.17) is 0 Å². The van der Waals surface area contributed by atoms with Crippen LogP contribution in [0.25, 0.3) is 76.8 Å². The van der Waals surface area contributed by atoms with Crippen molar-refractivity contribution in [3.05, 3.63) is 188 Å². The van der Waals surface area contributed by atoms with Gasteiger partial charge in [0.2, 0.25) is 0 Å². The highest BCUT2D eigenvalue weighted by Gasteiger charge is 2.25. The van der Waals surface area contributed by atoms with E-state index in [0.29, 0.717) is 0 Å². The second-order valence-electron chi connectivity index (χ2n) is 13.0. The molecule has 0 amide bonds. The molecule has 0 bridgehead atoms. The van der Waals surface area contributed by atoms with Crippen molar-refractivity contribution in [2.45, 2.75) is 0 Å². The average molecular weight is 622 g/mol. The fourth-order valence-electron chi connectivity index (χ4n) is 7.63. The van der Waals surface area contributed by atoms with Gasteiger partial charge in [0.25, 0.3) is 0 Å². The molecule has 1 nitrogen and oxygen atoms in total. The Morgan fingerprint density at radius 2 is 0.714 bits per heavy atom. The van der Waals surface area contributed by atoms with E-state index in [-0.39, 0.29) is 0 Å². The normalized spacial score (nSPS) is 11.7. The molecule has 0 radical (unpaired) electrons. The minimum absolute atomic E-state index is 1.13. The first-order valence-electron chi connectivity index (χ1n) is 16.9. The SMILES string of the molecule is c1ccc(-c2ccc3cc4c(cc3c2)-c2cc3cc(N(c5ccccc5)c5cc6ccccc6cc5-c5ccccc5)ccc3cc2-4)cc1. The lowest BCUT2D eigenvalue weighted by Crippen LogP contribution is -2.11. The Bertz CT molecular complexity index is 2690. The van der Waals surface area contributed by atoms with Crippen LogP contribution in [-0.4, -0.2) is 0 Å². The van der Waals surface area contributed by atoms with Crippen molar-refractivity contribution in [1.82, 2.24) is 0 Å². The van der Waals surface area contributed by atoms with Gasteiger partial charge in [-0.15, -0.1) is 0 Å². The van der Waals surface area contributed by atoms with Crippen LogP contribution in [0.15, 0.2) is 188 Å². The van der Waals surface area contributed by atoms with E-state index >= 15 is 0 Å². The highest BCUT2D eigenvalue weighted by Crippen LogP contribution is 2.51. The van der Waals surface area contributed by atoms with Gasteiger partial charge in [0.1, 0.15) is 0 Å². The number of anilines is 3. The summed E-state index contributed by atoms with van der Waals surface area (Å²) in [6.45, 7) is 0. The molecule has 1 aliphatic carbocycles. The van der Waals surface area contributed by atoms with Crippen LogP contribution in [0.3, 0.4) is 0 Å². The molecule has 0 heterocycles. The van der Waals surface area contributed by atoms with Crippen LogP contribution in [-0.2, 0) is 0 Å². The van der Waals surface area contributed by atoms with Crippen molar-refractivity contribution in [2.24, 2.45) is 0 Å². The lowest BCUT2D eigenvalue weighted by Gasteiger charge is -2.29. The summed E-state index contributed by atoms with van der Waals surface area (Å²) in [5, 5.41) is 7.50. The van der Waals surface area contributed by atoms with Gasteiger partial charge >= 0.3 is 0 Å². The van der Waals surface area contributed by atoms with E-state index in [1.54, 1.807) is 0 Å². The smallest absolute Gasteiger partial charge is 0.0546 e. The van der Waals surface area contributed by atoms with Crippen LogP contribution in [0.2, 0.25) is 0 Å². The van der Waals surface area contributed by atoms with Crippen LogP contribution in [0.4, 0.5) is 17.1 Å². The van der Waals surface area contributed by atoms with Gasteiger partial charge in [0, 0.05) is 16.9 Å². The Labute approximate surface area is 286 Å². The first kappa shape index (κ1) is 27.7. The van der Waals surface area contributed by atoms with Crippen molar-refractivity contribution in [1.29, 1.82) is 0 Å². The van der Waals surface area contributed by atoms with E-state index in [2.05, 4.69) is 193 Å². The zero-order chi connectivity index (χ0) is 32.3. The second kappa shape index (κ2) is 11.1. The number of para-hydroxylation sites is 1. The topological polar surface area (TPSA) is 3.24 Å². The predicted octanol–water partition coefficient (Wildman–Crippen LogP) is 13.6. The molecule has 0 aromatic heterocycles. The summed E-state index contributed by atoms with van der Waals surface area (Å²) in [6, 6.07) is 68.7. The first-order chi connectivity index (χ1) is 24.3. The summed E-state index contributed by atoms with van der Waals surface area (Å²) in [5.41, 5.74) is 13.7. The highest BCUT2D eigenvalue weighted by molar-refractivity contribution is 6.12. The maximum absolute atomic E-state index is 2.42. The van der Waals surface area contributed by atoms with E-state index in [0.717, 1.165) is 17.1 Å². The molecule has 0 saturated heterocycles. The average Bonchev–Trinajstić information content (AvgIpc) is 3.17. The Morgan fingerprint density at radius 3 is 1.37 bits per heavy atom. The second-order valence-corrected chi connectivity index (χ2v) is 13.0. The minimum Gasteiger partial charge on any atom is -0.310 e. The fourth-order valence-corrected chi connectivity index (χ4v) is 7.63. The summed E-state index contributed by atoms with van der Waals surface area (Å²) in [4.78, 5) is 2.42. The summed E-state index contributed by atoms with van der Waals surface area (Å²) in [7, 11) is 0. The highest BCUT2D eigenvalue weighted by atomic mass is 15.1. The van der Waals surface area contributed by atoms with Crippen LogP contribution < -0.4 is 4.90 Å². The Morgan fingerprint density at radius 1 is 0.245 bits per heavy atom. The number of nitrogens with zero attached hydrogens (tertiary/aromatic N) is 1. The molecule has 0 fully saturated rings. The third-order valence-corrected chi connectivity index (χ3v) is 10.1. The zero-order valence-electron chi connectivity index (χ0n) is 26.8. The number of hydrogen-bond donors (Lipinski definition) is 0. The molecule has 1 heteroatoms. The van der Waals surface area contributed by atoms with E-state index in [1.807, 2.05) is 0 Å². The van der Waals surface area contributed by atoms with Gasteiger partial charge in [0.15, 0.2) is 0 Å². The summed E-state index contributed by atoms with van der Waals surface area (Å²) < 4.78 is 0. The molecule has 228 valence electrons. The van der Waals surface area contributed by atoms with Crippen LogP contribution >= 0.6 is 0 Å². The third kappa shape index (κ3) is 4.63. The minimum atomic E-state index is 1.13. The molecular formula is C48H31N. The molecular weight excluding hydrogens is 591 g/mol.